The molecule has 6 heteroatoms. The second-order valence-electron chi connectivity index (χ2n) is 8.53. The Morgan fingerprint density at radius 2 is 2.16 bits per heavy atom. The molecule has 160 valence electrons. The van der Waals surface area contributed by atoms with E-state index < -0.39 is 0 Å². The van der Waals surface area contributed by atoms with Gasteiger partial charge < -0.3 is 9.30 Å². The van der Waals surface area contributed by atoms with Crippen LogP contribution in [0.4, 0.5) is 0 Å². The number of methoxy groups -OCH3 is 1. The van der Waals surface area contributed by atoms with E-state index in [-0.39, 0.29) is 5.92 Å². The van der Waals surface area contributed by atoms with Gasteiger partial charge in [-0.05, 0) is 44.3 Å². The van der Waals surface area contributed by atoms with Crippen LogP contribution in [0, 0.1) is 18.8 Å². The van der Waals surface area contributed by atoms with Gasteiger partial charge in [-0.15, -0.1) is 0 Å². The first-order chi connectivity index (χ1) is 15.2. The van der Waals surface area contributed by atoms with Gasteiger partial charge in [0.25, 0.3) is 0 Å². The largest absolute Gasteiger partial charge is 0.499 e. The van der Waals surface area contributed by atoms with E-state index in [0.29, 0.717) is 11.8 Å². The summed E-state index contributed by atoms with van der Waals surface area (Å²) in [5.74, 6) is 4.17. The number of fused-ring (bicyclic) bond motifs is 1. The van der Waals surface area contributed by atoms with Crippen LogP contribution in [-0.2, 0) is 11.3 Å². The Kier molecular flexibility index (Phi) is 5.45. The fourth-order valence-corrected chi connectivity index (χ4v) is 4.78. The minimum absolute atomic E-state index is 0.256. The van der Waals surface area contributed by atoms with Crippen molar-refractivity contribution in [3.63, 3.8) is 0 Å². The van der Waals surface area contributed by atoms with E-state index in [1.54, 1.807) is 7.11 Å². The number of imidazole rings is 1. The number of allylic oxidation sites excluding steroid dienone is 9. The van der Waals surface area contributed by atoms with Crippen LogP contribution in [-0.4, -0.2) is 31.4 Å². The number of hydrogen-bond acceptors (Lipinski definition) is 4. The zero-order valence-electron chi connectivity index (χ0n) is 18.2. The van der Waals surface area contributed by atoms with Crippen molar-refractivity contribution >= 4 is 11.8 Å². The number of rotatable bonds is 5. The highest BCUT2D eigenvalue weighted by atomic mass is 16.5. The zero-order valence-corrected chi connectivity index (χ0v) is 18.2. The van der Waals surface area contributed by atoms with Crippen LogP contribution in [0.2, 0.25) is 0 Å². The van der Waals surface area contributed by atoms with Gasteiger partial charge >= 0.3 is 0 Å². The quantitative estimate of drug-likeness (QED) is 0.697. The van der Waals surface area contributed by atoms with Crippen molar-refractivity contribution in [3.05, 3.63) is 78.2 Å². The summed E-state index contributed by atoms with van der Waals surface area (Å²) in [7, 11) is 1.74. The average Bonchev–Trinajstić information content (AvgIpc) is 3.43. The Hall–Kier alpha value is -3.15. The summed E-state index contributed by atoms with van der Waals surface area (Å²) in [4.78, 5) is 9.25. The van der Waals surface area contributed by atoms with Gasteiger partial charge in [-0.1, -0.05) is 36.5 Å². The first kappa shape index (κ1) is 19.8. The van der Waals surface area contributed by atoms with Gasteiger partial charge in [0.2, 0.25) is 0 Å². The molecule has 1 aliphatic heterocycles. The predicted molar refractivity (Wildman–Crippen MR) is 122 cm³/mol. The number of ether oxygens (including phenoxy) is 1. The summed E-state index contributed by atoms with van der Waals surface area (Å²) < 4.78 is 9.84. The maximum absolute atomic E-state index is 5.70. The van der Waals surface area contributed by atoms with Crippen molar-refractivity contribution in [3.8, 4) is 0 Å². The van der Waals surface area contributed by atoms with Crippen LogP contribution < -0.4 is 0 Å². The third-order valence-corrected chi connectivity index (χ3v) is 6.40. The summed E-state index contributed by atoms with van der Waals surface area (Å²) in [6.45, 7) is 2.96. The smallest absolute Gasteiger partial charge is 0.173 e. The molecule has 3 atom stereocenters. The molecule has 2 aromatic rings. The molecular weight excluding hydrogens is 386 g/mol. The summed E-state index contributed by atoms with van der Waals surface area (Å²) in [6.07, 6.45) is 25.6. The molecule has 0 N–H and O–H groups in total. The fraction of sp³-hybridized carbons (Fsp3) is 0.400. The fourth-order valence-electron chi connectivity index (χ4n) is 4.78. The zero-order chi connectivity index (χ0) is 21.2. The molecule has 0 spiro atoms. The van der Waals surface area contributed by atoms with Crippen LogP contribution in [0.3, 0.4) is 0 Å². The van der Waals surface area contributed by atoms with Crippen LogP contribution in [0.25, 0.3) is 11.8 Å². The minimum Gasteiger partial charge on any atom is -0.499 e. The van der Waals surface area contributed by atoms with Gasteiger partial charge in [0, 0.05) is 31.0 Å². The lowest BCUT2D eigenvalue weighted by molar-refractivity contribution is 0.271. The van der Waals surface area contributed by atoms with Crippen molar-refractivity contribution in [1.29, 1.82) is 0 Å². The summed E-state index contributed by atoms with van der Waals surface area (Å²) in [6, 6.07) is 0. The second-order valence-corrected chi connectivity index (χ2v) is 8.53. The lowest BCUT2D eigenvalue weighted by Crippen LogP contribution is -2.22. The van der Waals surface area contributed by atoms with Crippen LogP contribution in [0.5, 0.6) is 0 Å². The lowest BCUT2D eigenvalue weighted by Gasteiger charge is -2.28. The molecule has 3 aliphatic rings. The molecule has 0 aromatic carbocycles. The van der Waals surface area contributed by atoms with Crippen LogP contribution >= 0.6 is 0 Å². The Morgan fingerprint density at radius 1 is 1.23 bits per heavy atom. The molecule has 2 aliphatic carbocycles. The standard InChI is InChI=1S/C25H29N5O/c1-18-16-29(17-26-18)22-12-10-19(15-23(22)31-2)11-13-24-27-25-21(9-6-14-30(25)28-24)20-7-4-3-5-8-20/h3-5,7,10-13,16-17,19-21H,6,8-9,14-15H2,1-2H3/b13-11+/t19?,20?,21-/m0/s1. The van der Waals surface area contributed by atoms with E-state index >= 15 is 0 Å². The average molecular weight is 416 g/mol. The molecule has 0 saturated heterocycles. The molecule has 3 heterocycles. The number of nitrogens with zero attached hydrogens (tertiary/aromatic N) is 5. The first-order valence-electron chi connectivity index (χ1n) is 11.1. The summed E-state index contributed by atoms with van der Waals surface area (Å²) >= 11 is 0. The minimum atomic E-state index is 0.256. The number of aromatic nitrogens is 5. The van der Waals surface area contributed by atoms with E-state index in [2.05, 4.69) is 58.3 Å². The van der Waals surface area contributed by atoms with Crippen LogP contribution in [0.15, 0.2) is 60.8 Å². The van der Waals surface area contributed by atoms with Gasteiger partial charge in [0.1, 0.15) is 11.6 Å². The highest BCUT2D eigenvalue weighted by molar-refractivity contribution is 5.62. The number of aryl methyl sites for hydroxylation is 2. The molecule has 2 aromatic heterocycles. The molecule has 0 saturated carbocycles. The maximum atomic E-state index is 5.70. The van der Waals surface area contributed by atoms with Gasteiger partial charge in [-0.25, -0.2) is 14.6 Å². The Labute approximate surface area is 183 Å². The van der Waals surface area contributed by atoms with E-state index in [1.807, 2.05) is 24.0 Å². The van der Waals surface area contributed by atoms with Crippen molar-refractivity contribution in [2.75, 3.05) is 7.11 Å². The van der Waals surface area contributed by atoms with E-state index in [0.717, 1.165) is 48.2 Å². The van der Waals surface area contributed by atoms with Gasteiger partial charge in [0.15, 0.2) is 5.82 Å². The molecule has 5 rings (SSSR count). The maximum Gasteiger partial charge on any atom is 0.173 e. The molecule has 2 unspecified atom stereocenters. The normalized spacial score (nSPS) is 25.4. The highest BCUT2D eigenvalue weighted by Gasteiger charge is 2.29. The SMILES string of the molecule is COC1=C(n2cnc(C)c2)C=CC(/C=C/c2nc3n(n2)CCC[C@H]3C2C=CC=CC2)C1. The van der Waals surface area contributed by atoms with Gasteiger partial charge in [-0.3, -0.25) is 0 Å². The van der Waals surface area contributed by atoms with Crippen molar-refractivity contribution in [1.82, 2.24) is 24.3 Å². The Balaban J connectivity index is 1.31. The second kappa shape index (κ2) is 8.53. The summed E-state index contributed by atoms with van der Waals surface area (Å²) in [5, 5.41) is 4.78. The first-order valence-corrected chi connectivity index (χ1v) is 11.1. The monoisotopic (exact) mass is 415 g/mol. The van der Waals surface area contributed by atoms with E-state index in [9.17, 15) is 0 Å². The molecule has 31 heavy (non-hydrogen) atoms. The van der Waals surface area contributed by atoms with Crippen molar-refractivity contribution in [2.45, 2.75) is 45.1 Å². The third-order valence-electron chi connectivity index (χ3n) is 6.40. The molecule has 6 nitrogen and oxygen atoms in total. The van der Waals surface area contributed by atoms with Crippen molar-refractivity contribution < 1.29 is 4.74 Å². The lowest BCUT2D eigenvalue weighted by atomic mass is 9.82. The highest BCUT2D eigenvalue weighted by Crippen LogP contribution is 2.36. The molecule has 0 radical (unpaired) electrons. The Morgan fingerprint density at radius 3 is 2.94 bits per heavy atom. The summed E-state index contributed by atoms with van der Waals surface area (Å²) in [5.41, 5.74) is 2.03. The third kappa shape index (κ3) is 4.07. The van der Waals surface area contributed by atoms with Gasteiger partial charge in [0.05, 0.1) is 24.8 Å². The molecular formula is C25H29N5O. The van der Waals surface area contributed by atoms with Crippen LogP contribution in [0.1, 0.15) is 48.9 Å². The van der Waals surface area contributed by atoms with E-state index in [1.165, 1.54) is 12.8 Å². The van der Waals surface area contributed by atoms with E-state index in [4.69, 9.17) is 14.8 Å². The predicted octanol–water partition coefficient (Wildman–Crippen LogP) is 4.90. The molecule has 0 fully saturated rings. The van der Waals surface area contributed by atoms with Gasteiger partial charge in [-0.2, -0.15) is 5.10 Å². The topological polar surface area (TPSA) is 57.8 Å². The molecule has 0 bridgehead atoms. The molecule has 0 amide bonds. The number of hydrogen-bond donors (Lipinski definition) is 0. The Bertz CT molecular complexity index is 1100. The van der Waals surface area contributed by atoms with Crippen molar-refractivity contribution in [2.24, 2.45) is 11.8 Å².